The summed E-state index contributed by atoms with van der Waals surface area (Å²) in [6.45, 7) is 3.91. The third kappa shape index (κ3) is 5.28. The van der Waals surface area contributed by atoms with Crippen LogP contribution in [0.15, 0.2) is 57.8 Å². The number of nitrogens with zero attached hydrogens (tertiary/aromatic N) is 2. The van der Waals surface area contributed by atoms with E-state index in [1.54, 1.807) is 13.2 Å². The number of nitrogens with one attached hydrogen (secondary N) is 2. The van der Waals surface area contributed by atoms with Gasteiger partial charge in [0.25, 0.3) is 5.56 Å². The number of methoxy groups -OCH3 is 1. The van der Waals surface area contributed by atoms with E-state index < -0.39 is 0 Å². The van der Waals surface area contributed by atoms with Gasteiger partial charge in [0.1, 0.15) is 5.75 Å². The highest BCUT2D eigenvalue weighted by Crippen LogP contribution is 2.20. The van der Waals surface area contributed by atoms with Crippen LogP contribution in [0.25, 0.3) is 22.3 Å². The fourth-order valence-corrected chi connectivity index (χ4v) is 3.64. The Kier molecular flexibility index (Phi) is 6.53. The molecule has 0 aliphatic rings. The molecule has 0 spiro atoms. The van der Waals surface area contributed by atoms with E-state index in [1.807, 2.05) is 56.3 Å². The lowest BCUT2D eigenvalue weighted by Gasteiger charge is -2.14. The maximum Gasteiger partial charge on any atom is 0.259 e. The van der Waals surface area contributed by atoms with E-state index in [9.17, 15) is 9.59 Å². The van der Waals surface area contributed by atoms with Crippen LogP contribution < -0.4 is 15.6 Å². The second-order valence-electron chi connectivity index (χ2n) is 8.03. The number of aryl methyl sites for hydroxylation is 2. The van der Waals surface area contributed by atoms with Gasteiger partial charge < -0.3 is 19.6 Å². The summed E-state index contributed by atoms with van der Waals surface area (Å²) >= 11 is 0. The molecule has 8 heteroatoms. The molecule has 1 unspecified atom stereocenters. The van der Waals surface area contributed by atoms with Gasteiger partial charge in [0, 0.05) is 18.4 Å². The third-order valence-corrected chi connectivity index (χ3v) is 5.50. The quantitative estimate of drug-likeness (QED) is 0.422. The van der Waals surface area contributed by atoms with Gasteiger partial charge in [0.05, 0.1) is 18.7 Å². The molecule has 0 aliphatic heterocycles. The lowest BCUT2D eigenvalue weighted by atomic mass is 10.1. The van der Waals surface area contributed by atoms with Crippen LogP contribution in [-0.4, -0.2) is 28.1 Å². The van der Waals surface area contributed by atoms with Crippen molar-refractivity contribution < 1.29 is 14.1 Å². The highest BCUT2D eigenvalue weighted by molar-refractivity contribution is 5.82. The molecule has 0 saturated carbocycles. The molecule has 8 nitrogen and oxygen atoms in total. The molecule has 0 bridgehead atoms. The SMILES string of the molecule is COc1ccc(C(C)NC(=O)CCCc2nc(-c3cc4ccc(C)cc4[nH]c3=O)no2)cc1. The average molecular weight is 447 g/mol. The number of aromatic nitrogens is 3. The molecule has 170 valence electrons. The summed E-state index contributed by atoms with van der Waals surface area (Å²) in [6, 6.07) is 15.1. The maximum atomic E-state index is 12.5. The number of carbonyl (C=O) groups is 1. The zero-order valence-corrected chi connectivity index (χ0v) is 18.8. The van der Waals surface area contributed by atoms with Gasteiger partial charge in [-0.3, -0.25) is 9.59 Å². The van der Waals surface area contributed by atoms with Crippen molar-refractivity contribution in [3.63, 3.8) is 0 Å². The Morgan fingerprint density at radius 3 is 2.73 bits per heavy atom. The van der Waals surface area contributed by atoms with Crippen LogP contribution in [0.4, 0.5) is 0 Å². The molecule has 2 N–H and O–H groups in total. The number of fused-ring (bicyclic) bond motifs is 1. The zero-order chi connectivity index (χ0) is 23.4. The summed E-state index contributed by atoms with van der Waals surface area (Å²) in [4.78, 5) is 32.0. The van der Waals surface area contributed by atoms with Crippen molar-refractivity contribution in [2.24, 2.45) is 0 Å². The first-order valence-corrected chi connectivity index (χ1v) is 10.8. The van der Waals surface area contributed by atoms with E-state index in [1.165, 1.54) is 0 Å². The van der Waals surface area contributed by atoms with Gasteiger partial charge in [-0.05, 0) is 61.0 Å². The largest absolute Gasteiger partial charge is 0.497 e. The molecule has 0 saturated heterocycles. The Labute approximate surface area is 191 Å². The van der Waals surface area contributed by atoms with Gasteiger partial charge in [-0.1, -0.05) is 29.4 Å². The fourth-order valence-electron chi connectivity index (χ4n) is 3.64. The van der Waals surface area contributed by atoms with Crippen LogP contribution in [0.5, 0.6) is 5.75 Å². The molecule has 1 atom stereocenters. The van der Waals surface area contributed by atoms with E-state index >= 15 is 0 Å². The number of amides is 1. The second-order valence-corrected chi connectivity index (χ2v) is 8.03. The summed E-state index contributed by atoms with van der Waals surface area (Å²) in [7, 11) is 1.62. The molecular formula is C25H26N4O4. The van der Waals surface area contributed by atoms with Crippen LogP contribution in [0, 0.1) is 6.92 Å². The van der Waals surface area contributed by atoms with E-state index in [-0.39, 0.29) is 23.3 Å². The van der Waals surface area contributed by atoms with Crippen molar-refractivity contribution in [1.82, 2.24) is 20.4 Å². The number of rotatable bonds is 8. The zero-order valence-electron chi connectivity index (χ0n) is 18.8. The Morgan fingerprint density at radius 2 is 1.97 bits per heavy atom. The van der Waals surface area contributed by atoms with Crippen LogP contribution in [0.2, 0.25) is 0 Å². The molecule has 1 amide bonds. The lowest BCUT2D eigenvalue weighted by molar-refractivity contribution is -0.121. The first-order valence-electron chi connectivity index (χ1n) is 10.8. The molecule has 0 aliphatic carbocycles. The lowest BCUT2D eigenvalue weighted by Crippen LogP contribution is -2.26. The number of H-pyrrole nitrogens is 1. The molecule has 0 fully saturated rings. The number of aromatic amines is 1. The summed E-state index contributed by atoms with van der Waals surface area (Å²) in [5, 5.41) is 7.83. The second kappa shape index (κ2) is 9.68. The van der Waals surface area contributed by atoms with E-state index in [4.69, 9.17) is 9.26 Å². The number of hydrogen-bond acceptors (Lipinski definition) is 6. The van der Waals surface area contributed by atoms with Gasteiger partial charge in [-0.15, -0.1) is 0 Å². The van der Waals surface area contributed by atoms with Gasteiger partial charge >= 0.3 is 0 Å². The van der Waals surface area contributed by atoms with Gasteiger partial charge in [0.15, 0.2) is 0 Å². The predicted molar refractivity (Wildman–Crippen MR) is 125 cm³/mol. The molecule has 2 heterocycles. The van der Waals surface area contributed by atoms with E-state index in [0.29, 0.717) is 30.7 Å². The Morgan fingerprint density at radius 1 is 1.18 bits per heavy atom. The molecule has 0 radical (unpaired) electrons. The van der Waals surface area contributed by atoms with Crippen molar-refractivity contribution in [3.05, 3.63) is 75.9 Å². The smallest absolute Gasteiger partial charge is 0.259 e. The number of hydrogen-bond donors (Lipinski definition) is 2. The van der Waals surface area contributed by atoms with Crippen molar-refractivity contribution >= 4 is 16.8 Å². The molecule has 2 aromatic carbocycles. The average Bonchev–Trinajstić information content (AvgIpc) is 3.27. The van der Waals surface area contributed by atoms with Crippen LogP contribution >= 0.6 is 0 Å². The van der Waals surface area contributed by atoms with Crippen LogP contribution in [-0.2, 0) is 11.2 Å². The van der Waals surface area contributed by atoms with Gasteiger partial charge in [0.2, 0.25) is 17.6 Å². The van der Waals surface area contributed by atoms with Crippen molar-refractivity contribution in [3.8, 4) is 17.1 Å². The number of benzene rings is 2. The van der Waals surface area contributed by atoms with Crippen molar-refractivity contribution in [1.29, 1.82) is 0 Å². The number of ether oxygens (including phenoxy) is 1. The summed E-state index contributed by atoms with van der Waals surface area (Å²) in [5.41, 5.74) is 2.92. The summed E-state index contributed by atoms with van der Waals surface area (Å²) in [5.74, 6) is 1.35. The highest BCUT2D eigenvalue weighted by atomic mass is 16.5. The van der Waals surface area contributed by atoms with E-state index in [0.717, 1.165) is 27.8 Å². The first-order chi connectivity index (χ1) is 15.9. The maximum absolute atomic E-state index is 12.5. The first kappa shape index (κ1) is 22.3. The Balaban J connectivity index is 1.33. The van der Waals surface area contributed by atoms with Crippen molar-refractivity contribution in [2.75, 3.05) is 7.11 Å². The number of carbonyl (C=O) groups excluding carboxylic acids is 1. The van der Waals surface area contributed by atoms with Gasteiger partial charge in [-0.2, -0.15) is 4.98 Å². The normalized spacial score (nSPS) is 12.0. The Hall–Kier alpha value is -3.94. The highest BCUT2D eigenvalue weighted by Gasteiger charge is 2.15. The minimum Gasteiger partial charge on any atom is -0.497 e. The monoisotopic (exact) mass is 446 g/mol. The molecule has 33 heavy (non-hydrogen) atoms. The van der Waals surface area contributed by atoms with Gasteiger partial charge in [-0.25, -0.2) is 0 Å². The summed E-state index contributed by atoms with van der Waals surface area (Å²) in [6.07, 6.45) is 1.33. The van der Waals surface area contributed by atoms with Crippen LogP contribution in [0.3, 0.4) is 0 Å². The standard InChI is InChI=1S/C25H26N4O4/c1-15-7-8-18-14-20(25(31)27-21(18)13-15)24-28-23(33-29-24)6-4-5-22(30)26-16(2)17-9-11-19(32-3)12-10-17/h7-14,16H,4-6H2,1-3H3,(H,26,30)(H,27,31). The minimum atomic E-state index is -0.271. The topological polar surface area (TPSA) is 110 Å². The summed E-state index contributed by atoms with van der Waals surface area (Å²) < 4.78 is 10.5. The molecule has 2 aromatic heterocycles. The van der Waals surface area contributed by atoms with Crippen LogP contribution in [0.1, 0.15) is 42.8 Å². The Bertz CT molecular complexity index is 1320. The van der Waals surface area contributed by atoms with Crippen molar-refractivity contribution in [2.45, 2.75) is 39.2 Å². The third-order valence-electron chi connectivity index (χ3n) is 5.50. The van der Waals surface area contributed by atoms with E-state index in [2.05, 4.69) is 20.4 Å². The predicted octanol–water partition coefficient (Wildman–Crippen LogP) is 4.10. The molecular weight excluding hydrogens is 420 g/mol. The number of pyridine rings is 1. The molecule has 4 aromatic rings. The minimum absolute atomic E-state index is 0.0562. The molecule has 4 rings (SSSR count). The fraction of sp³-hybridized carbons (Fsp3) is 0.280.